The molecule has 0 atom stereocenters. The summed E-state index contributed by atoms with van der Waals surface area (Å²) in [6.45, 7) is 2.07. The van der Waals surface area contributed by atoms with Crippen molar-refractivity contribution >= 4 is 10.2 Å². The Bertz CT molecular complexity index is 434. The Morgan fingerprint density at radius 1 is 1.07 bits per heavy atom. The van der Waals surface area contributed by atoms with Crippen molar-refractivity contribution in [1.82, 2.24) is 9.97 Å². The van der Waals surface area contributed by atoms with Gasteiger partial charge in [-0.05, 0) is 18.5 Å². The zero-order valence-corrected chi connectivity index (χ0v) is 9.57. The number of benzene rings is 1. The molecular formula is C12H11N2Si. The van der Waals surface area contributed by atoms with Gasteiger partial charge in [-0.15, -0.1) is 0 Å². The summed E-state index contributed by atoms with van der Waals surface area (Å²) in [5.41, 5.74) is 3.39. The summed E-state index contributed by atoms with van der Waals surface area (Å²) in [6, 6.07) is 9.00. The molecule has 3 radical (unpaired) electrons. The van der Waals surface area contributed by atoms with Gasteiger partial charge in [-0.2, -0.15) is 0 Å². The Hall–Kier alpha value is -1.48. The van der Waals surface area contributed by atoms with E-state index in [0.29, 0.717) is 0 Å². The molecule has 0 aliphatic heterocycles. The van der Waals surface area contributed by atoms with Gasteiger partial charge in [-0.25, -0.2) is 9.97 Å². The van der Waals surface area contributed by atoms with Crippen LogP contribution >= 0.6 is 0 Å². The molecule has 2 aromatic rings. The molecule has 1 heterocycles. The number of aromatic nitrogens is 2. The molecule has 0 saturated carbocycles. The van der Waals surface area contributed by atoms with E-state index in [1.54, 1.807) is 0 Å². The molecule has 0 fully saturated rings. The molecule has 73 valence electrons. The second kappa shape index (κ2) is 4.36. The highest BCUT2D eigenvalue weighted by molar-refractivity contribution is 6.08. The number of rotatable bonds is 2. The van der Waals surface area contributed by atoms with Crippen molar-refractivity contribution in [2.45, 2.75) is 13.0 Å². The van der Waals surface area contributed by atoms with Gasteiger partial charge in [-0.3, -0.25) is 0 Å². The van der Waals surface area contributed by atoms with Gasteiger partial charge in [-0.1, -0.05) is 29.8 Å². The van der Waals surface area contributed by atoms with Crippen molar-refractivity contribution in [2.24, 2.45) is 0 Å². The van der Waals surface area contributed by atoms with Crippen LogP contribution in [-0.4, -0.2) is 20.2 Å². The van der Waals surface area contributed by atoms with Crippen LogP contribution in [-0.2, 0) is 6.04 Å². The fourth-order valence-electron chi connectivity index (χ4n) is 1.30. The number of hydrogen-bond acceptors (Lipinski definition) is 2. The summed E-state index contributed by atoms with van der Waals surface area (Å²) in [4.78, 5) is 8.61. The van der Waals surface area contributed by atoms with Crippen LogP contribution < -0.4 is 0 Å². The van der Waals surface area contributed by atoms with Crippen molar-refractivity contribution in [3.8, 4) is 11.4 Å². The van der Waals surface area contributed by atoms with E-state index in [-0.39, 0.29) is 0 Å². The minimum atomic E-state index is 0.777. The van der Waals surface area contributed by atoms with Crippen LogP contribution in [0, 0.1) is 6.92 Å². The summed E-state index contributed by atoms with van der Waals surface area (Å²) >= 11 is 0. The molecule has 2 nitrogen and oxygen atoms in total. The number of hydrogen-bond donors (Lipinski definition) is 0. The van der Waals surface area contributed by atoms with E-state index in [4.69, 9.17) is 0 Å². The molecule has 3 heteroatoms. The van der Waals surface area contributed by atoms with Crippen LogP contribution in [0.2, 0.25) is 0 Å². The third kappa shape index (κ3) is 2.30. The molecule has 15 heavy (non-hydrogen) atoms. The normalized spacial score (nSPS) is 10.3. The van der Waals surface area contributed by atoms with E-state index in [0.717, 1.165) is 23.0 Å². The Labute approximate surface area is 92.8 Å². The SMILES string of the molecule is Cc1ccc(-c2ncc(C[Si])cn2)cc1. The Morgan fingerprint density at radius 2 is 1.67 bits per heavy atom. The van der Waals surface area contributed by atoms with Gasteiger partial charge >= 0.3 is 0 Å². The van der Waals surface area contributed by atoms with Gasteiger partial charge in [0.15, 0.2) is 5.82 Å². The van der Waals surface area contributed by atoms with Crippen molar-refractivity contribution in [1.29, 1.82) is 0 Å². The molecule has 0 bridgehead atoms. The summed E-state index contributed by atoms with van der Waals surface area (Å²) in [5.74, 6) is 0.777. The highest BCUT2D eigenvalue weighted by Crippen LogP contribution is 2.14. The zero-order valence-electron chi connectivity index (χ0n) is 8.57. The molecule has 0 N–H and O–H groups in total. The summed E-state index contributed by atoms with van der Waals surface area (Å²) < 4.78 is 0. The minimum absolute atomic E-state index is 0.777. The third-order valence-electron chi connectivity index (χ3n) is 2.22. The topological polar surface area (TPSA) is 25.8 Å². The van der Waals surface area contributed by atoms with Gasteiger partial charge in [0.2, 0.25) is 0 Å². The molecule has 0 saturated heterocycles. The van der Waals surface area contributed by atoms with Gasteiger partial charge in [0, 0.05) is 28.2 Å². The standard InChI is InChI=1S/C12H11N2Si/c1-9-2-4-11(5-3-9)12-13-6-10(8-15)7-14-12/h2-7H,8H2,1H3. The monoisotopic (exact) mass is 211 g/mol. The van der Waals surface area contributed by atoms with Gasteiger partial charge < -0.3 is 0 Å². The molecule has 0 spiro atoms. The number of aryl methyl sites for hydroxylation is 1. The predicted octanol–water partition coefficient (Wildman–Crippen LogP) is 2.12. The molecule has 1 aromatic heterocycles. The Kier molecular flexibility index (Phi) is 2.92. The van der Waals surface area contributed by atoms with Crippen molar-refractivity contribution in [2.75, 3.05) is 0 Å². The minimum Gasteiger partial charge on any atom is -0.236 e. The van der Waals surface area contributed by atoms with E-state index >= 15 is 0 Å². The Morgan fingerprint density at radius 3 is 2.20 bits per heavy atom. The van der Waals surface area contributed by atoms with Crippen LogP contribution in [0.3, 0.4) is 0 Å². The molecule has 0 amide bonds. The van der Waals surface area contributed by atoms with Crippen molar-refractivity contribution in [3.05, 3.63) is 47.8 Å². The fraction of sp³-hybridized carbons (Fsp3) is 0.167. The summed E-state index contributed by atoms with van der Waals surface area (Å²) in [5, 5.41) is 0. The first-order valence-electron chi connectivity index (χ1n) is 4.82. The third-order valence-corrected chi connectivity index (χ3v) is 2.63. The van der Waals surface area contributed by atoms with Gasteiger partial charge in [0.25, 0.3) is 0 Å². The summed E-state index contributed by atoms with van der Waals surface area (Å²) in [6.07, 6.45) is 3.68. The lowest BCUT2D eigenvalue weighted by Crippen LogP contribution is -1.92. The van der Waals surface area contributed by atoms with E-state index in [1.165, 1.54) is 5.56 Å². The fourth-order valence-corrected chi connectivity index (χ4v) is 1.48. The maximum atomic E-state index is 4.31. The largest absolute Gasteiger partial charge is 0.236 e. The zero-order chi connectivity index (χ0) is 10.7. The van der Waals surface area contributed by atoms with Gasteiger partial charge in [0.05, 0.1) is 0 Å². The molecule has 1 aromatic carbocycles. The lowest BCUT2D eigenvalue weighted by Gasteiger charge is -2.01. The maximum absolute atomic E-state index is 4.31. The lowest BCUT2D eigenvalue weighted by molar-refractivity contribution is 1.12. The lowest BCUT2D eigenvalue weighted by atomic mass is 10.1. The molecule has 0 aliphatic carbocycles. The van der Waals surface area contributed by atoms with Crippen LogP contribution in [0.4, 0.5) is 0 Å². The van der Waals surface area contributed by atoms with Crippen LogP contribution in [0.5, 0.6) is 0 Å². The average Bonchev–Trinajstić information content (AvgIpc) is 2.30. The van der Waals surface area contributed by atoms with Gasteiger partial charge in [0.1, 0.15) is 0 Å². The predicted molar refractivity (Wildman–Crippen MR) is 61.7 cm³/mol. The smallest absolute Gasteiger partial charge is 0.159 e. The molecule has 2 rings (SSSR count). The van der Waals surface area contributed by atoms with E-state index in [9.17, 15) is 0 Å². The molecular weight excluding hydrogens is 200 g/mol. The maximum Gasteiger partial charge on any atom is 0.159 e. The van der Waals surface area contributed by atoms with Crippen LogP contribution in [0.1, 0.15) is 11.1 Å². The molecule has 0 unspecified atom stereocenters. The van der Waals surface area contributed by atoms with E-state index in [2.05, 4.69) is 39.3 Å². The number of nitrogens with zero attached hydrogens (tertiary/aromatic N) is 2. The van der Waals surface area contributed by atoms with Crippen LogP contribution in [0.15, 0.2) is 36.7 Å². The van der Waals surface area contributed by atoms with Crippen LogP contribution in [0.25, 0.3) is 11.4 Å². The first-order chi connectivity index (χ1) is 7.29. The first kappa shape index (κ1) is 10.0. The summed E-state index contributed by atoms with van der Waals surface area (Å²) in [7, 11) is 3.41. The second-order valence-corrected chi connectivity index (χ2v) is 3.81. The second-order valence-electron chi connectivity index (χ2n) is 3.46. The van der Waals surface area contributed by atoms with Crippen molar-refractivity contribution < 1.29 is 0 Å². The highest BCUT2D eigenvalue weighted by Gasteiger charge is 1.99. The highest BCUT2D eigenvalue weighted by atomic mass is 28.1. The van der Waals surface area contributed by atoms with E-state index < -0.39 is 0 Å². The van der Waals surface area contributed by atoms with Crippen molar-refractivity contribution in [3.63, 3.8) is 0 Å². The first-order valence-corrected chi connectivity index (χ1v) is 5.53. The molecule has 0 aliphatic rings. The average molecular weight is 211 g/mol. The quantitative estimate of drug-likeness (QED) is 0.711. The Balaban J connectivity index is 2.33. The van der Waals surface area contributed by atoms with E-state index in [1.807, 2.05) is 24.5 Å².